The molecular weight excluding hydrogens is 262 g/mol. The van der Waals surface area contributed by atoms with E-state index in [0.717, 1.165) is 6.42 Å². The summed E-state index contributed by atoms with van der Waals surface area (Å²) >= 11 is 0. The number of hydrogen-bond donors (Lipinski definition) is 3. The zero-order valence-electron chi connectivity index (χ0n) is 12.1. The molecule has 0 radical (unpaired) electrons. The number of carbonyl (C=O) groups excluding carboxylic acids is 2. The van der Waals surface area contributed by atoms with Crippen molar-refractivity contribution in [2.24, 2.45) is 5.41 Å². The topological polar surface area (TPSA) is 98.7 Å². The van der Waals surface area contributed by atoms with Gasteiger partial charge in [0, 0.05) is 13.1 Å². The minimum atomic E-state index is -0.800. The van der Waals surface area contributed by atoms with Crippen molar-refractivity contribution in [3.63, 3.8) is 0 Å². The summed E-state index contributed by atoms with van der Waals surface area (Å²) in [5, 5.41) is 14.1. The molecule has 0 aromatic rings. The average Bonchev–Trinajstić information content (AvgIpc) is 2.74. The summed E-state index contributed by atoms with van der Waals surface area (Å²) in [6.45, 7) is 5.14. The smallest absolute Gasteiger partial charge is 0.321 e. The maximum atomic E-state index is 11.7. The van der Waals surface area contributed by atoms with Gasteiger partial charge in [0.1, 0.15) is 0 Å². The second-order valence-corrected chi connectivity index (χ2v) is 5.20. The lowest BCUT2D eigenvalue weighted by atomic mass is 9.83. The number of rotatable bonds is 6. The number of nitrogens with zero attached hydrogens (tertiary/aromatic N) is 1. The highest BCUT2D eigenvalue weighted by molar-refractivity contribution is 5.95. The van der Waals surface area contributed by atoms with Crippen LogP contribution in [0.2, 0.25) is 0 Å². The van der Waals surface area contributed by atoms with Gasteiger partial charge in [-0.15, -0.1) is 0 Å². The Bertz CT molecular complexity index is 386. The van der Waals surface area contributed by atoms with Crippen molar-refractivity contribution >= 4 is 17.9 Å². The van der Waals surface area contributed by atoms with Gasteiger partial charge in [-0.2, -0.15) is 0 Å². The lowest BCUT2D eigenvalue weighted by molar-refractivity contribution is -0.148. The molecule has 0 spiro atoms. The molecule has 0 aromatic carbocycles. The molecule has 0 bridgehead atoms. The Morgan fingerprint density at radius 3 is 2.55 bits per heavy atom. The van der Waals surface area contributed by atoms with Gasteiger partial charge in [-0.05, 0) is 26.3 Å². The van der Waals surface area contributed by atoms with Crippen LogP contribution in [0.15, 0.2) is 0 Å². The summed E-state index contributed by atoms with van der Waals surface area (Å²) in [4.78, 5) is 36.1. The first-order chi connectivity index (χ1) is 9.43. The van der Waals surface area contributed by atoms with Crippen LogP contribution in [-0.4, -0.2) is 54.1 Å². The fourth-order valence-corrected chi connectivity index (χ4v) is 2.63. The van der Waals surface area contributed by atoms with Gasteiger partial charge in [0.15, 0.2) is 0 Å². The van der Waals surface area contributed by atoms with Gasteiger partial charge >= 0.3 is 12.0 Å². The zero-order chi connectivity index (χ0) is 15.2. The van der Waals surface area contributed by atoms with E-state index in [1.807, 2.05) is 6.92 Å². The molecule has 1 aliphatic rings. The van der Waals surface area contributed by atoms with Crippen molar-refractivity contribution in [1.29, 1.82) is 0 Å². The van der Waals surface area contributed by atoms with Gasteiger partial charge < -0.3 is 10.4 Å². The van der Waals surface area contributed by atoms with Gasteiger partial charge in [0.25, 0.3) is 0 Å². The fraction of sp³-hybridized carbons (Fsp3) is 0.769. The fourth-order valence-electron chi connectivity index (χ4n) is 2.63. The first kappa shape index (κ1) is 16.4. The first-order valence-corrected chi connectivity index (χ1v) is 6.97. The van der Waals surface area contributed by atoms with Crippen LogP contribution in [0, 0.1) is 5.41 Å². The van der Waals surface area contributed by atoms with Crippen molar-refractivity contribution < 1.29 is 19.5 Å². The van der Waals surface area contributed by atoms with Crippen LogP contribution < -0.4 is 10.6 Å². The maximum absolute atomic E-state index is 11.7. The zero-order valence-corrected chi connectivity index (χ0v) is 12.1. The van der Waals surface area contributed by atoms with Crippen molar-refractivity contribution in [2.45, 2.75) is 33.1 Å². The molecule has 1 aliphatic heterocycles. The molecule has 1 rings (SSSR count). The Hall–Kier alpha value is -1.63. The summed E-state index contributed by atoms with van der Waals surface area (Å²) in [6.07, 6.45) is 1.95. The predicted octanol–water partition coefficient (Wildman–Crippen LogP) is 0.409. The van der Waals surface area contributed by atoms with E-state index in [2.05, 4.69) is 10.6 Å². The van der Waals surface area contributed by atoms with Crippen molar-refractivity contribution in [1.82, 2.24) is 15.5 Å². The Morgan fingerprint density at radius 2 is 2.00 bits per heavy atom. The van der Waals surface area contributed by atoms with E-state index >= 15 is 0 Å². The van der Waals surface area contributed by atoms with Crippen molar-refractivity contribution in [2.75, 3.05) is 26.2 Å². The number of amides is 3. The number of hydrogen-bond acceptors (Lipinski definition) is 4. The number of aliphatic carboxylic acids is 1. The SMILES string of the molecule is CCCC1(C(=O)O)CCN(CC(=O)NC(=O)NCC)C1. The van der Waals surface area contributed by atoms with Crippen LogP contribution in [0.4, 0.5) is 4.79 Å². The lowest BCUT2D eigenvalue weighted by Gasteiger charge is -2.24. The first-order valence-electron chi connectivity index (χ1n) is 6.97. The third kappa shape index (κ3) is 4.19. The summed E-state index contributed by atoms with van der Waals surface area (Å²) in [5.74, 6) is -1.21. The number of likely N-dealkylation sites (tertiary alicyclic amines) is 1. The van der Waals surface area contributed by atoms with E-state index in [1.165, 1.54) is 0 Å². The number of carboxylic acids is 1. The number of carboxylic acid groups (broad SMARTS) is 1. The standard InChI is InChI=1S/C13H23N3O4/c1-3-5-13(11(18)19)6-7-16(9-13)8-10(17)15-12(20)14-4-2/h3-9H2,1-2H3,(H,18,19)(H2,14,15,17,20). The molecule has 7 heteroatoms. The van der Waals surface area contributed by atoms with E-state index < -0.39 is 23.3 Å². The van der Waals surface area contributed by atoms with Crippen LogP contribution in [0.5, 0.6) is 0 Å². The molecular formula is C13H23N3O4. The van der Waals surface area contributed by atoms with Crippen LogP contribution in [-0.2, 0) is 9.59 Å². The number of nitrogens with one attached hydrogen (secondary N) is 2. The number of urea groups is 1. The van der Waals surface area contributed by atoms with Crippen LogP contribution in [0.1, 0.15) is 33.1 Å². The van der Waals surface area contributed by atoms with Crippen molar-refractivity contribution in [3.05, 3.63) is 0 Å². The monoisotopic (exact) mass is 285 g/mol. The predicted molar refractivity (Wildman–Crippen MR) is 73.2 cm³/mol. The molecule has 20 heavy (non-hydrogen) atoms. The minimum Gasteiger partial charge on any atom is -0.481 e. The summed E-state index contributed by atoms with van der Waals surface area (Å²) < 4.78 is 0. The van der Waals surface area contributed by atoms with Crippen LogP contribution in [0.25, 0.3) is 0 Å². The third-order valence-corrected chi connectivity index (χ3v) is 3.57. The Kier molecular flexibility index (Phi) is 5.94. The van der Waals surface area contributed by atoms with E-state index in [9.17, 15) is 19.5 Å². The molecule has 7 nitrogen and oxygen atoms in total. The molecule has 3 amide bonds. The number of carbonyl (C=O) groups is 3. The van der Waals surface area contributed by atoms with Crippen LogP contribution in [0.3, 0.4) is 0 Å². The quantitative estimate of drug-likeness (QED) is 0.656. The normalized spacial score (nSPS) is 22.5. The van der Waals surface area contributed by atoms with E-state index in [0.29, 0.717) is 32.5 Å². The molecule has 0 aromatic heterocycles. The Morgan fingerprint density at radius 1 is 1.30 bits per heavy atom. The molecule has 1 atom stereocenters. The summed E-state index contributed by atoms with van der Waals surface area (Å²) in [6, 6.07) is -0.519. The molecule has 1 fully saturated rings. The summed E-state index contributed by atoms with van der Waals surface area (Å²) in [7, 11) is 0. The largest absolute Gasteiger partial charge is 0.481 e. The van der Waals surface area contributed by atoms with Gasteiger partial charge in [-0.3, -0.25) is 19.8 Å². The molecule has 114 valence electrons. The molecule has 3 N–H and O–H groups in total. The lowest BCUT2D eigenvalue weighted by Crippen LogP contribution is -2.44. The second-order valence-electron chi connectivity index (χ2n) is 5.20. The van der Waals surface area contributed by atoms with Gasteiger partial charge in [-0.1, -0.05) is 13.3 Å². The highest BCUT2D eigenvalue weighted by Gasteiger charge is 2.44. The maximum Gasteiger partial charge on any atom is 0.321 e. The summed E-state index contributed by atoms with van der Waals surface area (Å²) in [5.41, 5.74) is -0.749. The number of imide groups is 1. The molecule has 1 saturated heterocycles. The molecule has 0 saturated carbocycles. The van der Waals surface area contributed by atoms with Crippen molar-refractivity contribution in [3.8, 4) is 0 Å². The van der Waals surface area contributed by atoms with Gasteiger partial charge in [0.2, 0.25) is 5.91 Å². The second kappa shape index (κ2) is 7.23. The highest BCUT2D eigenvalue weighted by Crippen LogP contribution is 2.35. The average molecular weight is 285 g/mol. The van der Waals surface area contributed by atoms with Crippen LogP contribution >= 0.6 is 0 Å². The Labute approximate surface area is 118 Å². The Balaban J connectivity index is 2.49. The van der Waals surface area contributed by atoms with E-state index in [1.54, 1.807) is 11.8 Å². The van der Waals surface area contributed by atoms with E-state index in [-0.39, 0.29) is 6.54 Å². The van der Waals surface area contributed by atoms with Gasteiger partial charge in [0.05, 0.1) is 12.0 Å². The van der Waals surface area contributed by atoms with E-state index in [4.69, 9.17) is 0 Å². The minimum absolute atomic E-state index is 0.0515. The third-order valence-electron chi connectivity index (χ3n) is 3.57. The highest BCUT2D eigenvalue weighted by atomic mass is 16.4. The molecule has 0 aliphatic carbocycles. The van der Waals surface area contributed by atoms with Gasteiger partial charge in [-0.25, -0.2) is 4.79 Å². The molecule has 1 unspecified atom stereocenters. The molecule has 1 heterocycles.